The third-order valence-electron chi connectivity index (χ3n) is 3.09. The van der Waals surface area contributed by atoms with Gasteiger partial charge in [0.05, 0.1) is 0 Å². The Bertz CT molecular complexity index is 329. The molecule has 1 fully saturated rings. The van der Waals surface area contributed by atoms with E-state index in [0.29, 0.717) is 19.0 Å². The average Bonchev–Trinajstić information content (AvgIpc) is 2.30. The molecule has 0 amide bonds. The quantitative estimate of drug-likeness (QED) is 0.808. The van der Waals surface area contributed by atoms with Gasteiger partial charge in [0.1, 0.15) is 11.4 Å². The van der Waals surface area contributed by atoms with Crippen molar-refractivity contribution < 1.29 is 14.6 Å². The zero-order valence-electron chi connectivity index (χ0n) is 8.90. The van der Waals surface area contributed by atoms with Gasteiger partial charge in [-0.15, -0.1) is 0 Å². The Kier molecular flexibility index (Phi) is 2.93. The van der Waals surface area contributed by atoms with Crippen molar-refractivity contribution in [2.75, 3.05) is 20.3 Å². The molecule has 0 bridgehead atoms. The second kappa shape index (κ2) is 4.21. The first kappa shape index (κ1) is 10.5. The molecule has 15 heavy (non-hydrogen) atoms. The molecule has 0 atom stereocenters. The number of ether oxygens (including phenoxy) is 2. The van der Waals surface area contributed by atoms with Gasteiger partial charge in [0.15, 0.2) is 0 Å². The van der Waals surface area contributed by atoms with Crippen LogP contribution in [0.1, 0.15) is 18.4 Å². The first-order valence-electron chi connectivity index (χ1n) is 5.20. The number of methoxy groups -OCH3 is 1. The fraction of sp³-hybridized carbons (Fsp3) is 0.500. The van der Waals surface area contributed by atoms with E-state index in [1.165, 1.54) is 0 Å². The van der Waals surface area contributed by atoms with Crippen LogP contribution in [0.3, 0.4) is 0 Å². The summed E-state index contributed by atoms with van der Waals surface area (Å²) in [6, 6.07) is 7.36. The molecule has 1 aromatic rings. The van der Waals surface area contributed by atoms with Gasteiger partial charge < -0.3 is 14.6 Å². The lowest BCUT2D eigenvalue weighted by Crippen LogP contribution is -2.35. The summed E-state index contributed by atoms with van der Waals surface area (Å²) in [5, 5.41) is 9.84. The van der Waals surface area contributed by atoms with E-state index in [4.69, 9.17) is 9.47 Å². The van der Waals surface area contributed by atoms with Gasteiger partial charge in [-0.3, -0.25) is 0 Å². The minimum Gasteiger partial charge on any atom is -0.508 e. The van der Waals surface area contributed by atoms with Gasteiger partial charge in [-0.1, -0.05) is 18.2 Å². The van der Waals surface area contributed by atoms with Gasteiger partial charge in [-0.05, 0) is 6.07 Å². The fourth-order valence-electron chi connectivity index (χ4n) is 2.14. The predicted octanol–water partition coefficient (Wildman–Crippen LogP) is 2.04. The Morgan fingerprint density at radius 1 is 1.27 bits per heavy atom. The maximum atomic E-state index is 9.84. The van der Waals surface area contributed by atoms with Crippen LogP contribution in [-0.2, 0) is 15.1 Å². The largest absolute Gasteiger partial charge is 0.508 e. The Balaban J connectivity index is 2.36. The molecule has 3 nitrogen and oxygen atoms in total. The second-order valence-electron chi connectivity index (χ2n) is 3.83. The number of hydrogen-bond donors (Lipinski definition) is 1. The molecule has 1 aliphatic heterocycles. The summed E-state index contributed by atoms with van der Waals surface area (Å²) < 4.78 is 10.9. The van der Waals surface area contributed by atoms with Crippen molar-refractivity contribution in [3.8, 4) is 5.75 Å². The third kappa shape index (κ3) is 1.85. The maximum absolute atomic E-state index is 9.84. The predicted molar refractivity (Wildman–Crippen MR) is 56.8 cm³/mol. The zero-order chi connectivity index (χ0) is 10.7. The van der Waals surface area contributed by atoms with Gasteiger partial charge in [0.2, 0.25) is 0 Å². The molecular formula is C12H16O3. The molecule has 0 radical (unpaired) electrons. The average molecular weight is 208 g/mol. The smallest absolute Gasteiger partial charge is 0.121 e. The Morgan fingerprint density at radius 3 is 2.53 bits per heavy atom. The first-order valence-corrected chi connectivity index (χ1v) is 5.20. The fourth-order valence-corrected chi connectivity index (χ4v) is 2.14. The lowest BCUT2D eigenvalue weighted by molar-refractivity contribution is -0.0957. The summed E-state index contributed by atoms with van der Waals surface area (Å²) in [6.07, 6.45) is 1.59. The zero-order valence-corrected chi connectivity index (χ0v) is 8.90. The van der Waals surface area contributed by atoms with Crippen molar-refractivity contribution in [2.24, 2.45) is 0 Å². The van der Waals surface area contributed by atoms with Crippen LogP contribution in [0.4, 0.5) is 0 Å². The number of rotatable bonds is 2. The molecule has 0 aliphatic carbocycles. The molecule has 3 heteroatoms. The van der Waals surface area contributed by atoms with Crippen LogP contribution in [0.25, 0.3) is 0 Å². The van der Waals surface area contributed by atoms with E-state index in [1.807, 2.05) is 18.2 Å². The number of hydrogen-bond acceptors (Lipinski definition) is 3. The van der Waals surface area contributed by atoms with E-state index in [-0.39, 0.29) is 5.60 Å². The van der Waals surface area contributed by atoms with Crippen LogP contribution in [0.15, 0.2) is 24.3 Å². The van der Waals surface area contributed by atoms with Crippen LogP contribution in [-0.4, -0.2) is 25.4 Å². The van der Waals surface area contributed by atoms with Crippen molar-refractivity contribution in [3.05, 3.63) is 29.8 Å². The van der Waals surface area contributed by atoms with E-state index >= 15 is 0 Å². The number of aromatic hydroxyl groups is 1. The highest BCUT2D eigenvalue weighted by Gasteiger charge is 2.36. The normalized spacial score (nSPS) is 20.1. The van der Waals surface area contributed by atoms with Gasteiger partial charge >= 0.3 is 0 Å². The molecule has 82 valence electrons. The molecule has 0 unspecified atom stereocenters. The highest BCUT2D eigenvalue weighted by Crippen LogP contribution is 2.39. The summed E-state index contributed by atoms with van der Waals surface area (Å²) in [4.78, 5) is 0. The van der Waals surface area contributed by atoms with Gasteiger partial charge in [-0.2, -0.15) is 0 Å². The summed E-state index contributed by atoms with van der Waals surface area (Å²) in [5.41, 5.74) is 0.500. The van der Waals surface area contributed by atoms with E-state index in [1.54, 1.807) is 13.2 Å². The molecule has 1 saturated heterocycles. The number of para-hydroxylation sites is 1. The van der Waals surface area contributed by atoms with Crippen LogP contribution in [0.5, 0.6) is 5.75 Å². The summed E-state index contributed by atoms with van der Waals surface area (Å²) in [7, 11) is 1.69. The lowest BCUT2D eigenvalue weighted by atomic mass is 9.85. The Hall–Kier alpha value is -1.06. The molecular weight excluding hydrogens is 192 g/mol. The van der Waals surface area contributed by atoms with Gasteiger partial charge in [-0.25, -0.2) is 0 Å². The highest BCUT2D eigenvalue weighted by molar-refractivity contribution is 5.37. The molecule has 1 aromatic carbocycles. The number of phenols is 1. The molecule has 1 heterocycles. The first-order chi connectivity index (χ1) is 7.28. The van der Waals surface area contributed by atoms with Crippen molar-refractivity contribution in [1.29, 1.82) is 0 Å². The number of benzene rings is 1. The summed E-state index contributed by atoms with van der Waals surface area (Å²) in [5.74, 6) is 0.307. The molecule has 0 aromatic heterocycles. The molecule has 2 rings (SSSR count). The van der Waals surface area contributed by atoms with Gasteiger partial charge in [0, 0.05) is 38.7 Å². The lowest BCUT2D eigenvalue weighted by Gasteiger charge is -2.36. The SMILES string of the molecule is COC1(c2ccccc2O)CCOCC1. The van der Waals surface area contributed by atoms with Crippen LogP contribution in [0, 0.1) is 0 Å². The molecule has 1 aliphatic rings. The Labute approximate surface area is 89.6 Å². The van der Waals surface area contributed by atoms with Crippen molar-refractivity contribution in [3.63, 3.8) is 0 Å². The molecule has 0 saturated carbocycles. The second-order valence-corrected chi connectivity index (χ2v) is 3.83. The molecule has 0 spiro atoms. The van der Waals surface area contributed by atoms with Crippen LogP contribution in [0.2, 0.25) is 0 Å². The van der Waals surface area contributed by atoms with E-state index in [9.17, 15) is 5.11 Å². The molecule has 1 N–H and O–H groups in total. The van der Waals surface area contributed by atoms with Crippen molar-refractivity contribution in [2.45, 2.75) is 18.4 Å². The standard InChI is InChI=1S/C12H16O3/c1-14-12(6-8-15-9-7-12)10-4-2-3-5-11(10)13/h2-5,13H,6-9H2,1H3. The van der Waals surface area contributed by atoms with E-state index in [2.05, 4.69) is 0 Å². The number of phenolic OH excluding ortho intramolecular Hbond substituents is 1. The third-order valence-corrected chi connectivity index (χ3v) is 3.09. The van der Waals surface area contributed by atoms with E-state index < -0.39 is 0 Å². The monoisotopic (exact) mass is 208 g/mol. The topological polar surface area (TPSA) is 38.7 Å². The van der Waals surface area contributed by atoms with Gasteiger partial charge in [0.25, 0.3) is 0 Å². The Morgan fingerprint density at radius 2 is 1.93 bits per heavy atom. The summed E-state index contributed by atoms with van der Waals surface area (Å²) in [6.45, 7) is 1.37. The van der Waals surface area contributed by atoms with Crippen LogP contribution >= 0.6 is 0 Å². The highest BCUT2D eigenvalue weighted by atomic mass is 16.5. The summed E-state index contributed by atoms with van der Waals surface area (Å²) >= 11 is 0. The van der Waals surface area contributed by atoms with E-state index in [0.717, 1.165) is 18.4 Å². The minimum atomic E-state index is -0.371. The minimum absolute atomic E-state index is 0.307. The van der Waals surface area contributed by atoms with Crippen molar-refractivity contribution in [1.82, 2.24) is 0 Å². The maximum Gasteiger partial charge on any atom is 0.121 e. The van der Waals surface area contributed by atoms with Crippen LogP contribution < -0.4 is 0 Å². The van der Waals surface area contributed by atoms with Crippen molar-refractivity contribution >= 4 is 0 Å².